The standard InChI is InChI=1S/C21H26BrN4O6PS/c1-14(26(13-27)12-17-11-24-15(2)25-21(17)23)19(8-9-32-33(29,30)31)34-20(28)7-6-16-4-3-5-18(22)10-16/h3-7,10-11,13,28,34H,8-9,12H2,1-2H3,(H2,23,24,25)(H2,29,30,31)/b7-6+,19-14-. The van der Waals surface area contributed by atoms with Crippen LogP contribution in [-0.2, 0) is 20.4 Å². The van der Waals surface area contributed by atoms with Crippen molar-refractivity contribution in [1.29, 1.82) is 0 Å². The fourth-order valence-corrected chi connectivity index (χ4v) is 4.42. The second kappa shape index (κ2) is 13.1. The first-order valence-electron chi connectivity index (χ1n) is 9.89. The SMILES string of the molecule is C/C(=C(CCOP(=O)(O)O)/[SH]=C(O)\C=C\c1cccc(Br)c1)N(C=O)Cc1cnc(C)nc1N. The number of amides is 1. The second-order valence-electron chi connectivity index (χ2n) is 7.03. The molecule has 0 radical (unpaired) electrons. The summed E-state index contributed by atoms with van der Waals surface area (Å²) in [6.07, 6.45) is 5.41. The average molecular weight is 573 g/mol. The molecule has 0 aliphatic heterocycles. The molecular formula is C21H26BrN4O6PS. The summed E-state index contributed by atoms with van der Waals surface area (Å²) < 4.78 is 16.5. The lowest BCUT2D eigenvalue weighted by molar-refractivity contribution is -0.116. The molecule has 0 aliphatic carbocycles. The predicted octanol–water partition coefficient (Wildman–Crippen LogP) is 3.69. The van der Waals surface area contributed by atoms with Gasteiger partial charge in [-0.3, -0.25) is 9.32 Å². The van der Waals surface area contributed by atoms with Gasteiger partial charge in [-0.05, 0) is 37.6 Å². The fourth-order valence-electron chi connectivity index (χ4n) is 2.75. The van der Waals surface area contributed by atoms with Crippen LogP contribution in [0, 0.1) is 6.92 Å². The number of allylic oxidation sites excluding steroid dienone is 1. The number of aromatic nitrogens is 2. The third kappa shape index (κ3) is 9.59. The number of anilines is 1. The molecule has 0 unspecified atom stereocenters. The Morgan fingerprint density at radius 2 is 2.12 bits per heavy atom. The Morgan fingerprint density at radius 3 is 2.74 bits per heavy atom. The van der Waals surface area contributed by atoms with Crippen LogP contribution < -0.4 is 5.73 Å². The summed E-state index contributed by atoms with van der Waals surface area (Å²) in [5.41, 5.74) is 7.79. The van der Waals surface area contributed by atoms with Crippen molar-refractivity contribution in [2.75, 3.05) is 12.3 Å². The van der Waals surface area contributed by atoms with Crippen LogP contribution in [0.2, 0.25) is 0 Å². The van der Waals surface area contributed by atoms with Crippen molar-refractivity contribution in [2.45, 2.75) is 26.8 Å². The zero-order valence-electron chi connectivity index (χ0n) is 18.5. The summed E-state index contributed by atoms with van der Waals surface area (Å²) in [7, 11) is -4.67. The highest BCUT2D eigenvalue weighted by Crippen LogP contribution is 2.36. The van der Waals surface area contributed by atoms with Crippen LogP contribution >= 0.6 is 35.1 Å². The topological polar surface area (TPSA) is 159 Å². The van der Waals surface area contributed by atoms with Gasteiger partial charge in [-0.25, -0.2) is 14.5 Å². The second-order valence-corrected chi connectivity index (χ2v) is 10.4. The van der Waals surface area contributed by atoms with Gasteiger partial charge in [0.2, 0.25) is 6.41 Å². The molecule has 0 aliphatic rings. The summed E-state index contributed by atoms with van der Waals surface area (Å²) in [6.45, 7) is 3.12. The van der Waals surface area contributed by atoms with Gasteiger partial charge in [-0.1, -0.05) is 34.1 Å². The van der Waals surface area contributed by atoms with Gasteiger partial charge in [0.25, 0.3) is 0 Å². The van der Waals surface area contributed by atoms with E-state index in [1.165, 1.54) is 17.2 Å². The summed E-state index contributed by atoms with van der Waals surface area (Å²) in [6, 6.07) is 7.47. The van der Waals surface area contributed by atoms with Gasteiger partial charge < -0.3 is 25.5 Å². The van der Waals surface area contributed by atoms with Gasteiger partial charge in [-0.15, -0.1) is 11.4 Å². The Hall–Kier alpha value is -2.18. The molecule has 0 saturated heterocycles. The van der Waals surface area contributed by atoms with Crippen LogP contribution in [0.3, 0.4) is 0 Å². The molecule has 1 amide bonds. The molecule has 1 heterocycles. The van der Waals surface area contributed by atoms with E-state index in [1.54, 1.807) is 19.9 Å². The number of phosphoric acid groups is 1. The molecule has 0 bridgehead atoms. The first kappa shape index (κ1) is 28.1. The van der Waals surface area contributed by atoms with Crippen LogP contribution in [0.1, 0.15) is 30.3 Å². The minimum absolute atomic E-state index is 0.0328. The first-order valence-corrected chi connectivity index (χ1v) is 13.1. The summed E-state index contributed by atoms with van der Waals surface area (Å²) in [4.78, 5) is 39.9. The van der Waals surface area contributed by atoms with Gasteiger partial charge >= 0.3 is 7.82 Å². The molecule has 5 N–H and O–H groups in total. The maximum atomic E-state index is 11.9. The predicted molar refractivity (Wildman–Crippen MR) is 138 cm³/mol. The van der Waals surface area contributed by atoms with Crippen LogP contribution in [-0.4, -0.2) is 47.8 Å². The number of nitrogen functional groups attached to an aromatic ring is 1. The summed E-state index contributed by atoms with van der Waals surface area (Å²) in [5, 5.41) is 10.5. The zero-order chi connectivity index (χ0) is 25.3. The van der Waals surface area contributed by atoms with Crippen molar-refractivity contribution in [3.63, 3.8) is 0 Å². The van der Waals surface area contributed by atoms with Crippen molar-refractivity contribution >= 4 is 58.5 Å². The van der Waals surface area contributed by atoms with Crippen molar-refractivity contribution in [1.82, 2.24) is 14.9 Å². The van der Waals surface area contributed by atoms with Crippen molar-refractivity contribution in [2.24, 2.45) is 0 Å². The summed E-state index contributed by atoms with van der Waals surface area (Å²) in [5.74, 6) is 0.735. The van der Waals surface area contributed by atoms with Crippen molar-refractivity contribution in [3.8, 4) is 0 Å². The largest absolute Gasteiger partial charge is 0.469 e. The number of aliphatic hydroxyl groups excluding tert-OH is 1. The monoisotopic (exact) mass is 572 g/mol. The Kier molecular flexibility index (Phi) is 10.8. The van der Waals surface area contributed by atoms with E-state index in [1.807, 2.05) is 24.3 Å². The van der Waals surface area contributed by atoms with Crippen LogP contribution in [0.15, 0.2) is 51.6 Å². The Morgan fingerprint density at radius 1 is 1.38 bits per heavy atom. The third-order valence-electron chi connectivity index (χ3n) is 4.46. The lowest BCUT2D eigenvalue weighted by Crippen LogP contribution is -2.22. The first-order chi connectivity index (χ1) is 16.0. The Balaban J connectivity index is 2.35. The number of carbonyl (C=O) groups is 1. The van der Waals surface area contributed by atoms with Crippen molar-refractivity contribution < 1.29 is 28.8 Å². The fraction of sp³-hybridized carbons (Fsp3) is 0.238. The number of nitrogens with two attached hydrogens (primary N) is 1. The molecular weight excluding hydrogens is 547 g/mol. The molecule has 13 heteroatoms. The number of aryl methyl sites for hydroxylation is 1. The Bertz CT molecular complexity index is 1170. The highest BCUT2D eigenvalue weighted by Gasteiger charge is 2.16. The zero-order valence-corrected chi connectivity index (χ0v) is 21.9. The quantitative estimate of drug-likeness (QED) is 0.0889. The van der Waals surface area contributed by atoms with Gasteiger partial charge in [0.1, 0.15) is 11.6 Å². The number of hydrogen-bond donors (Lipinski definition) is 5. The van der Waals surface area contributed by atoms with Crippen LogP contribution in [0.5, 0.6) is 0 Å². The number of phosphoric ester groups is 1. The van der Waals surface area contributed by atoms with E-state index in [0.29, 0.717) is 39.8 Å². The smallest absolute Gasteiger partial charge is 0.383 e. The minimum atomic E-state index is -4.67. The van der Waals surface area contributed by atoms with E-state index < -0.39 is 7.82 Å². The van der Waals surface area contributed by atoms with E-state index >= 15 is 0 Å². The number of hydrogen-bond acceptors (Lipinski definition) is 6. The van der Waals surface area contributed by atoms with E-state index in [0.717, 1.165) is 10.0 Å². The number of carbonyl (C=O) groups excluding carboxylic acids is 1. The molecule has 1 aromatic carbocycles. The normalized spacial score (nSPS) is 13.4. The maximum Gasteiger partial charge on any atom is 0.469 e. The summed E-state index contributed by atoms with van der Waals surface area (Å²) >= 11 is 3.72. The molecule has 2 rings (SSSR count). The van der Waals surface area contributed by atoms with E-state index in [4.69, 9.17) is 15.5 Å². The molecule has 184 valence electrons. The van der Waals surface area contributed by atoms with Crippen molar-refractivity contribution in [3.05, 3.63) is 68.6 Å². The highest BCUT2D eigenvalue weighted by molar-refractivity contribution is 9.10. The number of halogens is 1. The number of benzene rings is 1. The molecule has 0 fully saturated rings. The Labute approximate surface area is 209 Å². The molecule has 34 heavy (non-hydrogen) atoms. The van der Waals surface area contributed by atoms with Gasteiger partial charge in [-0.2, -0.15) is 0 Å². The molecule has 10 nitrogen and oxygen atoms in total. The van der Waals surface area contributed by atoms with E-state index in [9.17, 15) is 14.5 Å². The van der Waals surface area contributed by atoms with Crippen LogP contribution in [0.25, 0.3) is 6.08 Å². The molecule has 0 spiro atoms. The molecule has 1 aromatic heterocycles. The third-order valence-corrected chi connectivity index (χ3v) is 6.66. The highest BCUT2D eigenvalue weighted by atomic mass is 79.9. The number of rotatable bonds is 11. The van der Waals surface area contributed by atoms with Gasteiger partial charge in [0.15, 0.2) is 0 Å². The van der Waals surface area contributed by atoms with Crippen LogP contribution in [0.4, 0.5) is 5.82 Å². The minimum Gasteiger partial charge on any atom is -0.383 e. The van der Waals surface area contributed by atoms with E-state index in [-0.39, 0.29) is 30.4 Å². The van der Waals surface area contributed by atoms with Gasteiger partial charge in [0.05, 0.1) is 18.2 Å². The van der Waals surface area contributed by atoms with E-state index in [2.05, 4.69) is 30.4 Å². The van der Waals surface area contributed by atoms with Gasteiger partial charge in [0, 0.05) is 33.3 Å². The number of thiol groups is 1. The average Bonchev–Trinajstić information content (AvgIpc) is 2.75. The molecule has 2 aromatic rings. The molecule has 0 atom stereocenters. The maximum absolute atomic E-state index is 11.9. The number of nitrogens with zero attached hydrogens (tertiary/aromatic N) is 3. The lowest BCUT2D eigenvalue weighted by atomic mass is 10.2. The lowest BCUT2D eigenvalue weighted by Gasteiger charge is -2.21. The molecule has 0 saturated carbocycles. The number of aliphatic hydroxyl groups is 1.